The molecule has 1 aliphatic carbocycles. The number of nitrogens with one attached hydrogen (secondary N) is 1. The third kappa shape index (κ3) is 2.88. The van der Waals surface area contributed by atoms with Crippen LogP contribution in [0.4, 0.5) is 0 Å². The van der Waals surface area contributed by atoms with Crippen LogP contribution in [0.2, 0.25) is 0 Å². The molecule has 1 atom stereocenters. The number of halogens is 1. The molecule has 0 radical (unpaired) electrons. The molecular formula is C13H20BrNS. The zero-order valence-electron chi connectivity index (χ0n) is 10.1. The van der Waals surface area contributed by atoms with Crippen LogP contribution in [0.25, 0.3) is 0 Å². The largest absolute Gasteiger partial charge is 0.316 e. The van der Waals surface area contributed by atoms with Gasteiger partial charge in [-0.1, -0.05) is 13.8 Å². The first-order chi connectivity index (χ1) is 7.65. The lowest BCUT2D eigenvalue weighted by Gasteiger charge is -2.30. The van der Waals surface area contributed by atoms with Gasteiger partial charge in [0.1, 0.15) is 0 Å². The molecule has 1 N–H and O–H groups in total. The van der Waals surface area contributed by atoms with Crippen LogP contribution < -0.4 is 5.32 Å². The van der Waals surface area contributed by atoms with Crippen molar-refractivity contribution in [2.75, 3.05) is 13.1 Å². The van der Waals surface area contributed by atoms with Gasteiger partial charge in [0.15, 0.2) is 0 Å². The molecule has 0 spiro atoms. The highest BCUT2D eigenvalue weighted by Crippen LogP contribution is 2.48. The zero-order chi connectivity index (χ0) is 11.6. The molecular weight excluding hydrogens is 282 g/mol. The highest BCUT2D eigenvalue weighted by atomic mass is 79.9. The Balaban J connectivity index is 2.05. The van der Waals surface area contributed by atoms with Crippen LogP contribution in [0.15, 0.2) is 15.9 Å². The Labute approximate surface area is 111 Å². The van der Waals surface area contributed by atoms with Gasteiger partial charge in [-0.05, 0) is 64.5 Å². The van der Waals surface area contributed by atoms with Crippen LogP contribution in [-0.4, -0.2) is 13.1 Å². The van der Waals surface area contributed by atoms with Crippen molar-refractivity contribution >= 4 is 27.3 Å². The van der Waals surface area contributed by atoms with Gasteiger partial charge in [0.2, 0.25) is 0 Å². The molecule has 0 saturated heterocycles. The fourth-order valence-corrected chi connectivity index (χ4v) is 4.05. The van der Waals surface area contributed by atoms with Gasteiger partial charge in [0.05, 0.1) is 0 Å². The molecule has 1 saturated carbocycles. The first kappa shape index (κ1) is 12.6. The molecule has 1 aliphatic rings. The van der Waals surface area contributed by atoms with Gasteiger partial charge in [0.25, 0.3) is 0 Å². The van der Waals surface area contributed by atoms with Gasteiger partial charge in [-0.3, -0.25) is 0 Å². The maximum absolute atomic E-state index is 3.65. The second-order valence-electron chi connectivity index (χ2n) is 5.08. The van der Waals surface area contributed by atoms with Gasteiger partial charge >= 0.3 is 0 Å². The van der Waals surface area contributed by atoms with E-state index in [1.807, 2.05) is 11.3 Å². The van der Waals surface area contributed by atoms with E-state index in [2.05, 4.69) is 46.5 Å². The predicted octanol–water partition coefficient (Wildman–Crippen LogP) is 4.08. The van der Waals surface area contributed by atoms with Crippen LogP contribution in [0, 0.1) is 11.3 Å². The van der Waals surface area contributed by atoms with Gasteiger partial charge in [-0.25, -0.2) is 0 Å². The summed E-state index contributed by atoms with van der Waals surface area (Å²) in [5.41, 5.74) is 0.448. The van der Waals surface area contributed by atoms with Crippen molar-refractivity contribution in [3.05, 3.63) is 20.8 Å². The summed E-state index contributed by atoms with van der Waals surface area (Å²) in [5, 5.41) is 5.71. The first-order valence-electron chi connectivity index (χ1n) is 6.08. The molecule has 0 amide bonds. The maximum atomic E-state index is 3.65. The smallest absolute Gasteiger partial charge is 0.0314 e. The summed E-state index contributed by atoms with van der Waals surface area (Å²) in [6.45, 7) is 6.86. The fourth-order valence-electron chi connectivity index (χ4n) is 2.36. The van der Waals surface area contributed by atoms with E-state index in [1.54, 1.807) is 0 Å². The molecule has 1 nitrogen and oxygen atoms in total. The highest BCUT2D eigenvalue weighted by Gasteiger charge is 2.41. The lowest BCUT2D eigenvalue weighted by Crippen LogP contribution is -2.35. The van der Waals surface area contributed by atoms with Crippen LogP contribution >= 0.6 is 27.3 Å². The molecule has 0 aromatic carbocycles. The van der Waals surface area contributed by atoms with E-state index >= 15 is 0 Å². The normalized spacial score (nSPS) is 19.7. The summed E-state index contributed by atoms with van der Waals surface area (Å²) in [6.07, 6.45) is 4.05. The molecule has 2 rings (SSSR count). The van der Waals surface area contributed by atoms with Gasteiger partial charge in [-0.2, -0.15) is 0 Å². The van der Waals surface area contributed by atoms with Crippen molar-refractivity contribution in [3.8, 4) is 0 Å². The SMILES string of the molecule is CCNCC(C)(Cc1sccc1Br)C1CC1. The highest BCUT2D eigenvalue weighted by molar-refractivity contribution is 9.10. The van der Waals surface area contributed by atoms with Crippen LogP contribution in [0.1, 0.15) is 31.6 Å². The molecule has 1 fully saturated rings. The molecule has 0 bridgehead atoms. The Kier molecular flexibility index (Phi) is 4.09. The van der Waals surface area contributed by atoms with E-state index < -0.39 is 0 Å². The van der Waals surface area contributed by atoms with Crippen LogP contribution in [0.5, 0.6) is 0 Å². The van der Waals surface area contributed by atoms with E-state index in [-0.39, 0.29) is 0 Å². The second-order valence-corrected chi connectivity index (χ2v) is 6.93. The van der Waals surface area contributed by atoms with Gasteiger partial charge in [0, 0.05) is 15.9 Å². The van der Waals surface area contributed by atoms with Crippen molar-refractivity contribution in [2.45, 2.75) is 33.1 Å². The summed E-state index contributed by atoms with van der Waals surface area (Å²) >= 11 is 5.53. The van der Waals surface area contributed by atoms with E-state index in [0.29, 0.717) is 5.41 Å². The van der Waals surface area contributed by atoms with Crippen molar-refractivity contribution < 1.29 is 0 Å². The Morgan fingerprint density at radius 3 is 2.81 bits per heavy atom. The van der Waals surface area contributed by atoms with Crippen LogP contribution in [0.3, 0.4) is 0 Å². The molecule has 3 heteroatoms. The Morgan fingerprint density at radius 1 is 1.56 bits per heavy atom. The second kappa shape index (κ2) is 5.19. The summed E-state index contributed by atoms with van der Waals surface area (Å²) in [5.74, 6) is 0.931. The minimum atomic E-state index is 0.448. The van der Waals surface area contributed by atoms with Crippen molar-refractivity contribution in [1.82, 2.24) is 5.32 Å². The fraction of sp³-hybridized carbons (Fsp3) is 0.692. The summed E-state index contributed by atoms with van der Waals surface area (Å²) in [6, 6.07) is 2.17. The van der Waals surface area contributed by atoms with Crippen LogP contribution in [-0.2, 0) is 6.42 Å². The number of thiophene rings is 1. The van der Waals surface area contributed by atoms with Crippen molar-refractivity contribution in [3.63, 3.8) is 0 Å². The lowest BCUT2D eigenvalue weighted by molar-refractivity contribution is 0.259. The number of rotatable bonds is 6. The molecule has 0 aliphatic heterocycles. The average molecular weight is 302 g/mol. The van der Waals surface area contributed by atoms with E-state index in [4.69, 9.17) is 0 Å². The standard InChI is InChI=1S/C13H20BrNS/c1-3-15-9-13(2,10-4-5-10)8-12-11(14)6-7-16-12/h6-7,10,15H,3-5,8-9H2,1-2H3. The Morgan fingerprint density at radius 2 is 2.31 bits per heavy atom. The third-order valence-electron chi connectivity index (χ3n) is 3.60. The van der Waals surface area contributed by atoms with E-state index in [9.17, 15) is 0 Å². The monoisotopic (exact) mass is 301 g/mol. The average Bonchev–Trinajstić information content (AvgIpc) is 3.04. The summed E-state index contributed by atoms with van der Waals surface area (Å²) in [4.78, 5) is 1.51. The summed E-state index contributed by atoms with van der Waals surface area (Å²) < 4.78 is 1.29. The van der Waals surface area contributed by atoms with Crippen molar-refractivity contribution in [1.29, 1.82) is 0 Å². The predicted molar refractivity (Wildman–Crippen MR) is 75.1 cm³/mol. The van der Waals surface area contributed by atoms with Gasteiger partial charge < -0.3 is 5.32 Å². The number of hydrogen-bond donors (Lipinski definition) is 1. The first-order valence-corrected chi connectivity index (χ1v) is 7.75. The minimum Gasteiger partial charge on any atom is -0.316 e. The molecule has 90 valence electrons. The van der Waals surface area contributed by atoms with Gasteiger partial charge in [-0.15, -0.1) is 11.3 Å². The lowest BCUT2D eigenvalue weighted by atomic mass is 9.81. The number of hydrogen-bond acceptors (Lipinski definition) is 2. The van der Waals surface area contributed by atoms with E-state index in [1.165, 1.54) is 28.6 Å². The van der Waals surface area contributed by atoms with Crippen molar-refractivity contribution in [2.24, 2.45) is 11.3 Å². The Hall–Kier alpha value is 0.140. The zero-order valence-corrected chi connectivity index (χ0v) is 12.5. The molecule has 1 unspecified atom stereocenters. The Bertz CT molecular complexity index is 345. The molecule has 16 heavy (non-hydrogen) atoms. The molecule has 1 heterocycles. The summed E-state index contributed by atoms with van der Waals surface area (Å²) in [7, 11) is 0. The molecule has 1 aromatic heterocycles. The topological polar surface area (TPSA) is 12.0 Å². The molecule has 1 aromatic rings. The minimum absolute atomic E-state index is 0.448. The quantitative estimate of drug-likeness (QED) is 0.835. The maximum Gasteiger partial charge on any atom is 0.0314 e. The van der Waals surface area contributed by atoms with E-state index in [0.717, 1.165) is 19.0 Å². The third-order valence-corrected chi connectivity index (χ3v) is 5.52.